The van der Waals surface area contributed by atoms with Gasteiger partial charge in [0, 0.05) is 17.8 Å². The van der Waals surface area contributed by atoms with E-state index in [0.29, 0.717) is 23.6 Å². The van der Waals surface area contributed by atoms with E-state index in [0.717, 1.165) is 29.7 Å². The second-order valence-corrected chi connectivity index (χ2v) is 8.44. The molecule has 0 aliphatic carbocycles. The number of nitrogens with one attached hydrogen (secondary N) is 1. The minimum atomic E-state index is -3.83. The number of hydrogen-bond donors (Lipinski definition) is 1. The average Bonchev–Trinajstić information content (AvgIpc) is 2.66. The molecular formula is C21H25N3O3S. The van der Waals surface area contributed by atoms with E-state index in [4.69, 9.17) is 0 Å². The number of fused-ring (bicyclic) bond motifs is 1. The van der Waals surface area contributed by atoms with Gasteiger partial charge in [-0.1, -0.05) is 32.0 Å². The zero-order chi connectivity index (χ0) is 20.5. The van der Waals surface area contributed by atoms with E-state index >= 15 is 0 Å². The van der Waals surface area contributed by atoms with Gasteiger partial charge in [0.1, 0.15) is 10.7 Å². The lowest BCUT2D eigenvalue weighted by Crippen LogP contribution is -2.34. The number of rotatable bonds is 5. The Balaban J connectivity index is 2.00. The van der Waals surface area contributed by atoms with Crippen LogP contribution in [0.1, 0.15) is 48.7 Å². The molecule has 0 unspecified atom stereocenters. The normalized spacial score (nSPS) is 15.0. The first-order valence-corrected chi connectivity index (χ1v) is 10.9. The highest BCUT2D eigenvalue weighted by Gasteiger charge is 2.29. The van der Waals surface area contributed by atoms with Crippen LogP contribution in [0.25, 0.3) is 0 Å². The van der Waals surface area contributed by atoms with Crippen molar-refractivity contribution in [2.75, 3.05) is 16.8 Å². The van der Waals surface area contributed by atoms with Gasteiger partial charge in [0.05, 0.1) is 5.69 Å². The third kappa shape index (κ3) is 3.67. The fourth-order valence-electron chi connectivity index (χ4n) is 3.43. The highest BCUT2D eigenvalue weighted by molar-refractivity contribution is 7.90. The molecule has 7 heteroatoms. The first-order chi connectivity index (χ1) is 13.3. The highest BCUT2D eigenvalue weighted by atomic mass is 32.2. The molecule has 1 N–H and O–H groups in total. The zero-order valence-corrected chi connectivity index (χ0v) is 17.4. The Morgan fingerprint density at radius 2 is 1.89 bits per heavy atom. The van der Waals surface area contributed by atoms with Crippen LogP contribution < -0.4 is 10.2 Å². The largest absolute Gasteiger partial charge is 0.328 e. The summed E-state index contributed by atoms with van der Waals surface area (Å²) in [5, 5.41) is 2.94. The Morgan fingerprint density at radius 3 is 2.57 bits per heavy atom. The van der Waals surface area contributed by atoms with Crippen LogP contribution in [-0.4, -0.2) is 26.7 Å². The van der Waals surface area contributed by atoms with Crippen LogP contribution in [0.15, 0.2) is 45.7 Å². The van der Waals surface area contributed by atoms with Gasteiger partial charge < -0.3 is 10.2 Å². The van der Waals surface area contributed by atoms with Crippen molar-refractivity contribution in [3.05, 3.63) is 53.1 Å². The Morgan fingerprint density at radius 1 is 1.14 bits per heavy atom. The third-order valence-electron chi connectivity index (χ3n) is 4.86. The monoisotopic (exact) mass is 399 g/mol. The van der Waals surface area contributed by atoms with Crippen molar-refractivity contribution < 1.29 is 13.2 Å². The van der Waals surface area contributed by atoms with Crippen molar-refractivity contribution >= 4 is 33.1 Å². The van der Waals surface area contributed by atoms with E-state index < -0.39 is 10.0 Å². The molecule has 1 heterocycles. The predicted molar refractivity (Wildman–Crippen MR) is 113 cm³/mol. The molecule has 6 nitrogen and oxygen atoms in total. The first kappa shape index (κ1) is 20.1. The number of hydrogen-bond acceptors (Lipinski definition) is 4. The van der Waals surface area contributed by atoms with E-state index in [2.05, 4.69) is 9.71 Å². The van der Waals surface area contributed by atoms with Crippen LogP contribution >= 0.6 is 0 Å². The first-order valence-electron chi connectivity index (χ1n) is 9.41. The molecule has 0 atom stereocenters. The lowest BCUT2D eigenvalue weighted by Gasteiger charge is -2.29. The van der Waals surface area contributed by atoms with Gasteiger partial charge >= 0.3 is 0 Å². The average molecular weight is 400 g/mol. The zero-order valence-electron chi connectivity index (χ0n) is 16.6. The number of carbonyl (C=O) groups excluding carboxylic acids is 1. The molecule has 2 aromatic carbocycles. The van der Waals surface area contributed by atoms with Gasteiger partial charge in [0.25, 0.3) is 15.9 Å². The van der Waals surface area contributed by atoms with Gasteiger partial charge in [-0.05, 0) is 56.0 Å². The summed E-state index contributed by atoms with van der Waals surface area (Å²) < 4.78 is 29.0. The molecule has 0 aromatic heterocycles. The van der Waals surface area contributed by atoms with E-state index in [9.17, 15) is 13.2 Å². The SMILES string of the molecule is CCCN1C(C)=NS(=O)(=O)c2cc(C(=O)Nc3c(C)cccc3CC)ccc21. The Kier molecular flexibility index (Phi) is 5.56. The predicted octanol–water partition coefficient (Wildman–Crippen LogP) is 4.15. The standard InChI is InChI=1S/C21H25N3O3S/c1-5-12-24-15(4)23-28(26,27)19-13-17(10-11-18(19)24)21(25)22-20-14(3)8-7-9-16(20)6-2/h7-11,13H,5-6,12H2,1-4H3,(H,22,25). The Labute approximate surface area is 166 Å². The second kappa shape index (κ2) is 7.75. The number of sulfonamides is 1. The van der Waals surface area contributed by atoms with E-state index in [1.54, 1.807) is 19.1 Å². The molecule has 1 aliphatic rings. The van der Waals surface area contributed by atoms with E-state index in [-0.39, 0.29) is 10.8 Å². The summed E-state index contributed by atoms with van der Waals surface area (Å²) in [5.41, 5.74) is 3.63. The third-order valence-corrected chi connectivity index (χ3v) is 6.25. The van der Waals surface area contributed by atoms with Crippen molar-refractivity contribution in [1.82, 2.24) is 0 Å². The molecule has 0 radical (unpaired) electrons. The minimum Gasteiger partial charge on any atom is -0.328 e. The molecule has 1 aliphatic heterocycles. The Hall–Kier alpha value is -2.67. The van der Waals surface area contributed by atoms with Crippen molar-refractivity contribution in [2.24, 2.45) is 4.40 Å². The lowest BCUT2D eigenvalue weighted by atomic mass is 10.1. The summed E-state index contributed by atoms with van der Waals surface area (Å²) in [4.78, 5) is 14.8. The molecular weight excluding hydrogens is 374 g/mol. The number of carbonyl (C=O) groups is 1. The fraction of sp³-hybridized carbons (Fsp3) is 0.333. The molecule has 0 bridgehead atoms. The number of para-hydroxylation sites is 1. The molecule has 3 rings (SSSR count). The maximum atomic E-state index is 12.8. The van der Waals surface area contributed by atoms with Crippen LogP contribution in [0.3, 0.4) is 0 Å². The fourth-order valence-corrected chi connectivity index (χ4v) is 4.69. The van der Waals surface area contributed by atoms with Crippen LogP contribution in [0.4, 0.5) is 11.4 Å². The van der Waals surface area contributed by atoms with Crippen LogP contribution in [0.5, 0.6) is 0 Å². The van der Waals surface area contributed by atoms with Gasteiger partial charge in [-0.25, -0.2) is 0 Å². The van der Waals surface area contributed by atoms with Crippen molar-refractivity contribution in [3.63, 3.8) is 0 Å². The number of amidine groups is 1. The van der Waals surface area contributed by atoms with Gasteiger partial charge in [0.15, 0.2) is 0 Å². The van der Waals surface area contributed by atoms with E-state index in [1.807, 2.05) is 43.9 Å². The number of benzene rings is 2. The van der Waals surface area contributed by atoms with Crippen molar-refractivity contribution in [2.45, 2.75) is 45.4 Å². The number of anilines is 2. The van der Waals surface area contributed by atoms with Crippen molar-refractivity contribution in [1.29, 1.82) is 0 Å². The summed E-state index contributed by atoms with van der Waals surface area (Å²) in [7, 11) is -3.83. The van der Waals surface area contributed by atoms with Gasteiger partial charge in [0.2, 0.25) is 0 Å². The molecule has 2 aromatic rings. The van der Waals surface area contributed by atoms with Gasteiger partial charge in [-0.2, -0.15) is 8.42 Å². The molecule has 0 saturated heterocycles. The molecule has 1 amide bonds. The number of amides is 1. The summed E-state index contributed by atoms with van der Waals surface area (Å²) in [6.07, 6.45) is 1.64. The topological polar surface area (TPSA) is 78.8 Å². The molecule has 0 saturated carbocycles. The summed E-state index contributed by atoms with van der Waals surface area (Å²) in [5.74, 6) is 0.106. The van der Waals surface area contributed by atoms with Crippen molar-refractivity contribution in [3.8, 4) is 0 Å². The summed E-state index contributed by atoms with van der Waals surface area (Å²) in [6, 6.07) is 10.6. The molecule has 0 spiro atoms. The lowest BCUT2D eigenvalue weighted by molar-refractivity contribution is 0.102. The smallest absolute Gasteiger partial charge is 0.286 e. The molecule has 148 valence electrons. The Bertz CT molecular complexity index is 1060. The molecule has 28 heavy (non-hydrogen) atoms. The van der Waals surface area contributed by atoms with Crippen LogP contribution in [-0.2, 0) is 16.4 Å². The van der Waals surface area contributed by atoms with E-state index in [1.165, 1.54) is 6.07 Å². The van der Waals surface area contributed by atoms with Gasteiger partial charge in [-0.3, -0.25) is 4.79 Å². The number of aryl methyl sites for hydroxylation is 2. The number of nitrogens with zero attached hydrogens (tertiary/aromatic N) is 2. The summed E-state index contributed by atoms with van der Waals surface area (Å²) >= 11 is 0. The second-order valence-electron chi connectivity index (χ2n) is 6.86. The highest BCUT2D eigenvalue weighted by Crippen LogP contribution is 2.33. The maximum absolute atomic E-state index is 12.8. The van der Waals surface area contributed by atoms with Crippen LogP contribution in [0, 0.1) is 6.92 Å². The molecule has 0 fully saturated rings. The maximum Gasteiger partial charge on any atom is 0.286 e. The quantitative estimate of drug-likeness (QED) is 0.819. The minimum absolute atomic E-state index is 0.0692. The van der Waals surface area contributed by atoms with Crippen LogP contribution in [0.2, 0.25) is 0 Å². The van der Waals surface area contributed by atoms with Gasteiger partial charge in [-0.15, -0.1) is 4.40 Å². The summed E-state index contributed by atoms with van der Waals surface area (Å²) in [6.45, 7) is 8.32.